The Labute approximate surface area is 117 Å². The number of hydrogen-bond acceptors (Lipinski definition) is 4. The maximum atomic E-state index is 11.6. The van der Waals surface area contributed by atoms with Crippen LogP contribution in [0, 0.1) is 5.92 Å². The molecule has 1 unspecified atom stereocenters. The van der Waals surface area contributed by atoms with Gasteiger partial charge in [-0.15, -0.1) is 0 Å². The van der Waals surface area contributed by atoms with Crippen molar-refractivity contribution >= 4 is 5.78 Å². The Kier molecular flexibility index (Phi) is 9.05. The fraction of sp³-hybridized carbons (Fsp3) is 0.933. The first kappa shape index (κ1) is 16.6. The third-order valence-electron chi connectivity index (χ3n) is 3.74. The molecule has 0 spiro atoms. The van der Waals surface area contributed by atoms with Crippen LogP contribution < -0.4 is 0 Å². The van der Waals surface area contributed by atoms with Crippen molar-refractivity contribution in [2.24, 2.45) is 5.92 Å². The lowest BCUT2D eigenvalue weighted by atomic mass is 10.0. The number of nitrogens with zero attached hydrogens (tertiary/aromatic N) is 1. The molecule has 0 aromatic heterocycles. The lowest BCUT2D eigenvalue weighted by molar-refractivity contribution is -0.120. The van der Waals surface area contributed by atoms with E-state index in [1.54, 1.807) is 0 Å². The zero-order valence-electron chi connectivity index (χ0n) is 12.5. The normalized spacial score (nSPS) is 19.5. The van der Waals surface area contributed by atoms with E-state index in [0.717, 1.165) is 71.7 Å². The molecule has 0 heterocycles. The van der Waals surface area contributed by atoms with E-state index in [1.165, 1.54) is 0 Å². The molecule has 1 atom stereocenters. The first-order valence-electron chi connectivity index (χ1n) is 7.68. The van der Waals surface area contributed by atoms with E-state index in [9.17, 15) is 4.79 Å². The van der Waals surface area contributed by atoms with Crippen LogP contribution in [-0.2, 0) is 14.3 Å². The average molecular weight is 271 g/mol. The van der Waals surface area contributed by atoms with Gasteiger partial charge in [-0.2, -0.15) is 0 Å². The predicted molar refractivity (Wildman–Crippen MR) is 76.4 cm³/mol. The Hall–Kier alpha value is -0.450. The lowest BCUT2D eigenvalue weighted by Gasteiger charge is -2.23. The van der Waals surface area contributed by atoms with Gasteiger partial charge in [0.15, 0.2) is 0 Å². The van der Waals surface area contributed by atoms with Crippen LogP contribution in [0.25, 0.3) is 0 Å². The first-order valence-corrected chi connectivity index (χ1v) is 7.68. The van der Waals surface area contributed by atoms with Gasteiger partial charge in [-0.25, -0.2) is 0 Å². The Morgan fingerprint density at radius 2 is 1.74 bits per heavy atom. The van der Waals surface area contributed by atoms with Gasteiger partial charge >= 0.3 is 0 Å². The van der Waals surface area contributed by atoms with Gasteiger partial charge in [0.05, 0.1) is 13.2 Å². The molecule has 0 N–H and O–H groups in total. The number of carbonyl (C=O) groups excluding carboxylic acids is 1. The summed E-state index contributed by atoms with van der Waals surface area (Å²) in [5.41, 5.74) is 0. The Morgan fingerprint density at radius 1 is 1.11 bits per heavy atom. The minimum atomic E-state index is 0.307. The van der Waals surface area contributed by atoms with Crippen LogP contribution >= 0.6 is 0 Å². The van der Waals surface area contributed by atoms with Crippen molar-refractivity contribution in [3.63, 3.8) is 0 Å². The van der Waals surface area contributed by atoms with Gasteiger partial charge in [-0.05, 0) is 39.7 Å². The Balaban J connectivity index is 2.23. The second-order valence-corrected chi connectivity index (χ2v) is 5.08. The van der Waals surface area contributed by atoms with Crippen LogP contribution in [0.2, 0.25) is 0 Å². The maximum Gasteiger partial charge on any atom is 0.136 e. The van der Waals surface area contributed by atoms with Gasteiger partial charge in [-0.1, -0.05) is 0 Å². The maximum absolute atomic E-state index is 11.6. The van der Waals surface area contributed by atoms with Crippen molar-refractivity contribution in [1.82, 2.24) is 4.90 Å². The number of carbonyl (C=O) groups is 1. The van der Waals surface area contributed by atoms with Crippen LogP contribution in [0.1, 0.15) is 39.5 Å². The van der Waals surface area contributed by atoms with Gasteiger partial charge in [0.2, 0.25) is 0 Å². The van der Waals surface area contributed by atoms with Crippen LogP contribution in [0.5, 0.6) is 0 Å². The summed E-state index contributed by atoms with van der Waals surface area (Å²) in [4.78, 5) is 14.0. The smallest absolute Gasteiger partial charge is 0.136 e. The zero-order chi connectivity index (χ0) is 13.9. The van der Waals surface area contributed by atoms with E-state index in [2.05, 4.69) is 4.90 Å². The number of ketones is 1. The molecule has 0 radical (unpaired) electrons. The molecule has 112 valence electrons. The molecule has 1 fully saturated rings. The molecule has 1 saturated carbocycles. The second kappa shape index (κ2) is 10.4. The minimum Gasteiger partial charge on any atom is -0.380 e. The molecule has 4 nitrogen and oxygen atoms in total. The number of Topliss-reactive ketones (excluding diaryl/α,β-unsaturated/α-hetero) is 1. The molecule has 1 aliphatic carbocycles. The van der Waals surface area contributed by atoms with Gasteiger partial charge in [0, 0.05) is 38.6 Å². The lowest BCUT2D eigenvalue weighted by Crippen LogP contribution is -2.33. The summed E-state index contributed by atoms with van der Waals surface area (Å²) < 4.78 is 10.8. The van der Waals surface area contributed by atoms with Gasteiger partial charge in [0.25, 0.3) is 0 Å². The minimum absolute atomic E-state index is 0.307. The van der Waals surface area contributed by atoms with Gasteiger partial charge in [-0.3, -0.25) is 9.69 Å². The van der Waals surface area contributed by atoms with Crippen molar-refractivity contribution in [2.45, 2.75) is 39.5 Å². The second-order valence-electron chi connectivity index (χ2n) is 5.08. The molecule has 0 bridgehead atoms. The monoisotopic (exact) mass is 271 g/mol. The molecular weight excluding hydrogens is 242 g/mol. The van der Waals surface area contributed by atoms with Crippen molar-refractivity contribution in [2.75, 3.05) is 46.1 Å². The van der Waals surface area contributed by atoms with E-state index < -0.39 is 0 Å². The van der Waals surface area contributed by atoms with Gasteiger partial charge < -0.3 is 9.47 Å². The third kappa shape index (κ3) is 7.04. The highest BCUT2D eigenvalue weighted by atomic mass is 16.5. The fourth-order valence-electron chi connectivity index (χ4n) is 2.54. The summed E-state index contributed by atoms with van der Waals surface area (Å²) in [6.07, 6.45) is 3.96. The SMILES string of the molecule is CCOCCN(CCOCC)CCC1CCCC1=O. The molecule has 1 aliphatic rings. The summed E-state index contributed by atoms with van der Waals surface area (Å²) in [6, 6.07) is 0. The Morgan fingerprint density at radius 3 is 2.21 bits per heavy atom. The largest absolute Gasteiger partial charge is 0.380 e. The van der Waals surface area contributed by atoms with Crippen molar-refractivity contribution in [1.29, 1.82) is 0 Å². The van der Waals surface area contributed by atoms with Crippen LogP contribution in [0.3, 0.4) is 0 Å². The van der Waals surface area contributed by atoms with E-state index >= 15 is 0 Å². The number of rotatable bonds is 11. The summed E-state index contributed by atoms with van der Waals surface area (Å²) >= 11 is 0. The topological polar surface area (TPSA) is 38.8 Å². The predicted octanol–water partition coefficient (Wildman–Crippen LogP) is 2.12. The molecule has 0 aliphatic heterocycles. The quantitative estimate of drug-likeness (QED) is 0.540. The molecule has 0 aromatic rings. The summed E-state index contributed by atoms with van der Waals surface area (Å²) in [5.74, 6) is 0.774. The number of ether oxygens (including phenoxy) is 2. The molecule has 19 heavy (non-hydrogen) atoms. The van der Waals surface area contributed by atoms with E-state index in [0.29, 0.717) is 11.7 Å². The summed E-state index contributed by atoms with van der Waals surface area (Å²) in [5, 5.41) is 0. The molecule has 4 heteroatoms. The van der Waals surface area contributed by atoms with E-state index in [4.69, 9.17) is 9.47 Å². The van der Waals surface area contributed by atoms with Crippen molar-refractivity contribution < 1.29 is 14.3 Å². The molecule has 0 aromatic carbocycles. The standard InChI is InChI=1S/C15H29NO3/c1-3-18-12-10-16(11-13-19-4-2)9-8-14-6-5-7-15(14)17/h14H,3-13H2,1-2H3. The molecule has 0 amide bonds. The molecule has 0 saturated heterocycles. The number of hydrogen-bond donors (Lipinski definition) is 0. The highest BCUT2D eigenvalue weighted by Crippen LogP contribution is 2.24. The van der Waals surface area contributed by atoms with Crippen LogP contribution in [-0.4, -0.2) is 56.7 Å². The average Bonchev–Trinajstić information content (AvgIpc) is 2.81. The van der Waals surface area contributed by atoms with E-state index in [-0.39, 0.29) is 0 Å². The van der Waals surface area contributed by atoms with Crippen LogP contribution in [0.4, 0.5) is 0 Å². The van der Waals surface area contributed by atoms with Crippen LogP contribution in [0.15, 0.2) is 0 Å². The highest BCUT2D eigenvalue weighted by Gasteiger charge is 2.24. The van der Waals surface area contributed by atoms with Crippen molar-refractivity contribution in [3.8, 4) is 0 Å². The summed E-state index contributed by atoms with van der Waals surface area (Å²) in [6.45, 7) is 9.94. The highest BCUT2D eigenvalue weighted by molar-refractivity contribution is 5.82. The van der Waals surface area contributed by atoms with Crippen molar-refractivity contribution in [3.05, 3.63) is 0 Å². The zero-order valence-corrected chi connectivity index (χ0v) is 12.5. The molecule has 1 rings (SSSR count). The Bertz CT molecular complexity index is 236. The third-order valence-corrected chi connectivity index (χ3v) is 3.74. The van der Waals surface area contributed by atoms with E-state index in [1.807, 2.05) is 13.8 Å². The molecular formula is C15H29NO3. The fourth-order valence-corrected chi connectivity index (χ4v) is 2.54. The van der Waals surface area contributed by atoms with Gasteiger partial charge in [0.1, 0.15) is 5.78 Å². The first-order chi connectivity index (χ1) is 9.27. The summed E-state index contributed by atoms with van der Waals surface area (Å²) in [7, 11) is 0.